The van der Waals surface area contributed by atoms with Gasteiger partial charge in [-0.1, -0.05) is 26.0 Å². The topological polar surface area (TPSA) is 35.2 Å². The highest BCUT2D eigenvalue weighted by molar-refractivity contribution is 5.44. The minimum absolute atomic E-state index is 0.222. The molecule has 102 valence electrons. The molecule has 18 heavy (non-hydrogen) atoms. The van der Waals surface area contributed by atoms with E-state index in [-0.39, 0.29) is 5.41 Å². The second-order valence-corrected chi connectivity index (χ2v) is 5.97. The summed E-state index contributed by atoms with van der Waals surface area (Å²) in [5, 5.41) is 0. The number of hydrogen-bond acceptors (Lipinski definition) is 2. The smallest absolute Gasteiger partial charge is 0.125 e. The fraction of sp³-hybridized carbons (Fsp3) is 0.625. The van der Waals surface area contributed by atoms with Crippen molar-refractivity contribution in [2.75, 3.05) is 13.2 Å². The van der Waals surface area contributed by atoms with Gasteiger partial charge < -0.3 is 10.5 Å². The van der Waals surface area contributed by atoms with E-state index >= 15 is 0 Å². The number of nitrogens with two attached hydrogens (primary N) is 1. The fourth-order valence-electron chi connectivity index (χ4n) is 1.97. The molecule has 0 fully saturated rings. The van der Waals surface area contributed by atoms with Gasteiger partial charge in [0.1, 0.15) is 5.75 Å². The van der Waals surface area contributed by atoms with Crippen molar-refractivity contribution in [3.05, 3.63) is 28.8 Å². The van der Waals surface area contributed by atoms with Crippen molar-refractivity contribution in [2.24, 2.45) is 11.1 Å². The van der Waals surface area contributed by atoms with Crippen LogP contribution in [0.2, 0.25) is 0 Å². The summed E-state index contributed by atoms with van der Waals surface area (Å²) in [7, 11) is 0. The summed E-state index contributed by atoms with van der Waals surface area (Å²) in [6.07, 6.45) is 2.16. The molecule has 0 amide bonds. The highest BCUT2D eigenvalue weighted by Gasteiger charge is 2.15. The maximum atomic E-state index is 5.95. The predicted octanol–water partition coefficient (Wildman–Crippen LogP) is 3.76. The third-order valence-corrected chi connectivity index (χ3v) is 3.67. The van der Waals surface area contributed by atoms with Crippen LogP contribution in [0.1, 0.15) is 43.4 Å². The molecule has 0 heterocycles. The highest BCUT2D eigenvalue weighted by atomic mass is 16.5. The van der Waals surface area contributed by atoms with Crippen LogP contribution in [0, 0.1) is 26.2 Å². The van der Waals surface area contributed by atoms with Crippen molar-refractivity contribution < 1.29 is 4.74 Å². The SMILES string of the molecule is Cc1ccc(C)c(OCCCC(C)(C)CN)c1C. The van der Waals surface area contributed by atoms with Crippen molar-refractivity contribution in [2.45, 2.75) is 47.5 Å². The average molecular weight is 249 g/mol. The summed E-state index contributed by atoms with van der Waals surface area (Å²) in [5.41, 5.74) is 9.72. The van der Waals surface area contributed by atoms with Crippen LogP contribution in [0.3, 0.4) is 0 Å². The lowest BCUT2D eigenvalue weighted by atomic mass is 9.88. The first-order chi connectivity index (χ1) is 8.37. The molecule has 0 aliphatic carbocycles. The quantitative estimate of drug-likeness (QED) is 0.779. The van der Waals surface area contributed by atoms with Crippen molar-refractivity contribution in [3.8, 4) is 5.75 Å². The van der Waals surface area contributed by atoms with Gasteiger partial charge in [-0.3, -0.25) is 0 Å². The molecule has 0 aromatic heterocycles. The predicted molar refractivity (Wildman–Crippen MR) is 78.2 cm³/mol. The highest BCUT2D eigenvalue weighted by Crippen LogP contribution is 2.26. The minimum atomic E-state index is 0.222. The first-order valence-electron chi connectivity index (χ1n) is 6.77. The summed E-state index contributed by atoms with van der Waals surface area (Å²) < 4.78 is 5.95. The van der Waals surface area contributed by atoms with E-state index < -0.39 is 0 Å². The van der Waals surface area contributed by atoms with Gasteiger partial charge in [0.25, 0.3) is 0 Å². The Balaban J connectivity index is 2.52. The lowest BCUT2D eigenvalue weighted by molar-refractivity contribution is 0.259. The summed E-state index contributed by atoms with van der Waals surface area (Å²) in [4.78, 5) is 0. The van der Waals surface area contributed by atoms with Gasteiger partial charge in [0.05, 0.1) is 6.61 Å². The molecule has 0 aliphatic heterocycles. The Kier molecular flexibility index (Phi) is 5.21. The zero-order valence-corrected chi connectivity index (χ0v) is 12.5. The summed E-state index contributed by atoms with van der Waals surface area (Å²) in [6.45, 7) is 12.3. The fourth-order valence-corrected chi connectivity index (χ4v) is 1.97. The standard InChI is InChI=1S/C16H27NO/c1-12-7-8-13(2)15(14(12)3)18-10-6-9-16(4,5)11-17/h7-8H,6,9-11,17H2,1-5H3. The molecule has 0 radical (unpaired) electrons. The van der Waals surface area contributed by atoms with E-state index in [1.807, 2.05) is 0 Å². The Morgan fingerprint density at radius 3 is 2.33 bits per heavy atom. The van der Waals surface area contributed by atoms with Crippen LogP contribution in [-0.2, 0) is 0 Å². The second kappa shape index (κ2) is 6.24. The number of aryl methyl sites for hydroxylation is 2. The van der Waals surface area contributed by atoms with Gasteiger partial charge in [0, 0.05) is 0 Å². The molecule has 0 aliphatic rings. The molecular formula is C16H27NO. The number of benzene rings is 1. The van der Waals surface area contributed by atoms with Crippen LogP contribution in [0.5, 0.6) is 5.75 Å². The first kappa shape index (κ1) is 15.0. The molecule has 0 bridgehead atoms. The van der Waals surface area contributed by atoms with E-state index in [0.717, 1.165) is 31.7 Å². The first-order valence-corrected chi connectivity index (χ1v) is 6.77. The van der Waals surface area contributed by atoms with Crippen LogP contribution in [-0.4, -0.2) is 13.2 Å². The average Bonchev–Trinajstić information content (AvgIpc) is 2.33. The number of hydrogen-bond donors (Lipinski definition) is 1. The molecule has 0 saturated heterocycles. The van der Waals surface area contributed by atoms with Gasteiger partial charge in [-0.25, -0.2) is 0 Å². The zero-order chi connectivity index (χ0) is 13.8. The van der Waals surface area contributed by atoms with Crippen LogP contribution in [0.25, 0.3) is 0 Å². The van der Waals surface area contributed by atoms with Crippen molar-refractivity contribution in [3.63, 3.8) is 0 Å². The van der Waals surface area contributed by atoms with E-state index in [0.29, 0.717) is 0 Å². The van der Waals surface area contributed by atoms with E-state index in [4.69, 9.17) is 10.5 Å². The Bertz CT molecular complexity index is 396. The lowest BCUT2D eigenvalue weighted by Crippen LogP contribution is -2.24. The molecule has 0 atom stereocenters. The van der Waals surface area contributed by atoms with Crippen molar-refractivity contribution in [1.29, 1.82) is 0 Å². The normalized spacial score (nSPS) is 11.7. The molecule has 2 N–H and O–H groups in total. The molecule has 1 aromatic carbocycles. The van der Waals surface area contributed by atoms with Gasteiger partial charge in [0.2, 0.25) is 0 Å². The van der Waals surface area contributed by atoms with Crippen LogP contribution in [0.15, 0.2) is 12.1 Å². The van der Waals surface area contributed by atoms with E-state index in [1.54, 1.807) is 0 Å². The third kappa shape index (κ3) is 4.02. The summed E-state index contributed by atoms with van der Waals surface area (Å²) in [5.74, 6) is 1.06. The molecular weight excluding hydrogens is 222 g/mol. The van der Waals surface area contributed by atoms with Crippen LogP contribution in [0.4, 0.5) is 0 Å². The molecule has 0 unspecified atom stereocenters. The molecule has 0 spiro atoms. The lowest BCUT2D eigenvalue weighted by Gasteiger charge is -2.22. The van der Waals surface area contributed by atoms with Gasteiger partial charge in [-0.05, 0) is 62.3 Å². The summed E-state index contributed by atoms with van der Waals surface area (Å²) >= 11 is 0. The largest absolute Gasteiger partial charge is 0.493 e. The van der Waals surface area contributed by atoms with E-state index in [9.17, 15) is 0 Å². The molecule has 0 saturated carbocycles. The Morgan fingerprint density at radius 2 is 1.72 bits per heavy atom. The van der Waals surface area contributed by atoms with Gasteiger partial charge in [-0.15, -0.1) is 0 Å². The Labute approximate surface area is 112 Å². The second-order valence-electron chi connectivity index (χ2n) is 5.97. The van der Waals surface area contributed by atoms with Crippen molar-refractivity contribution >= 4 is 0 Å². The van der Waals surface area contributed by atoms with Gasteiger partial charge in [0.15, 0.2) is 0 Å². The molecule has 1 aromatic rings. The zero-order valence-electron chi connectivity index (χ0n) is 12.5. The molecule has 2 heteroatoms. The Hall–Kier alpha value is -1.02. The maximum Gasteiger partial charge on any atom is 0.125 e. The van der Waals surface area contributed by atoms with Crippen molar-refractivity contribution in [1.82, 2.24) is 0 Å². The van der Waals surface area contributed by atoms with E-state index in [1.165, 1.54) is 16.7 Å². The van der Waals surface area contributed by atoms with E-state index in [2.05, 4.69) is 46.8 Å². The van der Waals surface area contributed by atoms with Gasteiger partial charge in [-0.2, -0.15) is 0 Å². The van der Waals surface area contributed by atoms with Crippen LogP contribution >= 0.6 is 0 Å². The summed E-state index contributed by atoms with van der Waals surface area (Å²) in [6, 6.07) is 4.27. The number of ether oxygens (including phenoxy) is 1. The maximum absolute atomic E-state index is 5.95. The van der Waals surface area contributed by atoms with Crippen LogP contribution < -0.4 is 10.5 Å². The minimum Gasteiger partial charge on any atom is -0.493 e. The molecule has 1 rings (SSSR count). The number of rotatable bonds is 6. The Morgan fingerprint density at radius 1 is 1.11 bits per heavy atom. The third-order valence-electron chi connectivity index (χ3n) is 3.67. The van der Waals surface area contributed by atoms with Gasteiger partial charge >= 0.3 is 0 Å². The monoisotopic (exact) mass is 249 g/mol. The molecule has 2 nitrogen and oxygen atoms in total.